The van der Waals surface area contributed by atoms with Crippen molar-refractivity contribution >= 4 is 5.96 Å². The summed E-state index contributed by atoms with van der Waals surface area (Å²) < 4.78 is 5.62. The highest BCUT2D eigenvalue weighted by Gasteiger charge is 2.20. The van der Waals surface area contributed by atoms with E-state index in [1.165, 1.54) is 24.0 Å². The number of benzene rings is 1. The first-order valence-electron chi connectivity index (χ1n) is 7.93. The number of ether oxygens (including phenoxy) is 1. The summed E-state index contributed by atoms with van der Waals surface area (Å²) in [5.74, 6) is 1.68. The largest absolute Gasteiger partial charge is 0.379 e. The fraction of sp³-hybridized carbons (Fsp3) is 0.588. The molecule has 0 aromatic heterocycles. The van der Waals surface area contributed by atoms with Gasteiger partial charge in [-0.1, -0.05) is 29.8 Å². The zero-order valence-corrected chi connectivity index (χ0v) is 13.2. The zero-order chi connectivity index (χ0) is 14.9. The predicted molar refractivity (Wildman–Crippen MR) is 87.5 cm³/mol. The maximum absolute atomic E-state index is 5.62. The Morgan fingerprint density at radius 2 is 2.19 bits per heavy atom. The molecule has 0 bridgehead atoms. The Labute approximate surface area is 128 Å². The van der Waals surface area contributed by atoms with E-state index in [-0.39, 0.29) is 0 Å². The van der Waals surface area contributed by atoms with E-state index in [2.05, 4.69) is 53.7 Å². The highest BCUT2D eigenvalue weighted by atomic mass is 16.5. The van der Waals surface area contributed by atoms with E-state index in [1.54, 1.807) is 0 Å². The number of aryl methyl sites for hydroxylation is 1. The Morgan fingerprint density at radius 3 is 2.90 bits per heavy atom. The summed E-state index contributed by atoms with van der Waals surface area (Å²) in [6.07, 6.45) is 2.68. The Balaban J connectivity index is 1.72. The summed E-state index contributed by atoms with van der Waals surface area (Å²) >= 11 is 0. The molecule has 1 saturated carbocycles. The van der Waals surface area contributed by atoms with E-state index in [9.17, 15) is 0 Å². The van der Waals surface area contributed by atoms with E-state index in [1.807, 2.05) is 0 Å². The third kappa shape index (κ3) is 6.63. The first kappa shape index (κ1) is 15.8. The molecule has 1 aromatic rings. The highest BCUT2D eigenvalue weighted by Crippen LogP contribution is 2.28. The summed E-state index contributed by atoms with van der Waals surface area (Å²) in [5, 5.41) is 6.58. The van der Waals surface area contributed by atoms with Crippen LogP contribution in [0, 0.1) is 12.8 Å². The second kappa shape index (κ2) is 8.67. The van der Waals surface area contributed by atoms with Crippen molar-refractivity contribution in [1.29, 1.82) is 0 Å². The Morgan fingerprint density at radius 1 is 1.33 bits per heavy atom. The SMILES string of the molecule is CCNC(=NCc1cccc(C)c1)NCCOCC1CC1. The molecule has 4 heteroatoms. The maximum atomic E-state index is 5.62. The van der Waals surface area contributed by atoms with Gasteiger partial charge in [0, 0.05) is 19.7 Å². The van der Waals surface area contributed by atoms with Gasteiger partial charge in [-0.2, -0.15) is 0 Å². The first-order valence-corrected chi connectivity index (χ1v) is 7.93. The van der Waals surface area contributed by atoms with Crippen molar-refractivity contribution in [1.82, 2.24) is 10.6 Å². The summed E-state index contributed by atoms with van der Waals surface area (Å²) in [5.41, 5.74) is 2.51. The van der Waals surface area contributed by atoms with Gasteiger partial charge in [0.2, 0.25) is 0 Å². The Hall–Kier alpha value is -1.55. The molecule has 0 atom stereocenters. The van der Waals surface area contributed by atoms with Crippen LogP contribution in [0.2, 0.25) is 0 Å². The van der Waals surface area contributed by atoms with E-state index in [0.717, 1.165) is 38.2 Å². The van der Waals surface area contributed by atoms with Crippen molar-refractivity contribution in [2.45, 2.75) is 33.2 Å². The van der Waals surface area contributed by atoms with Gasteiger partial charge in [-0.05, 0) is 38.2 Å². The lowest BCUT2D eigenvalue weighted by molar-refractivity contribution is 0.129. The third-order valence-corrected chi connectivity index (χ3v) is 3.44. The van der Waals surface area contributed by atoms with Crippen LogP contribution in [0.3, 0.4) is 0 Å². The molecule has 0 heterocycles. The molecule has 1 fully saturated rings. The minimum Gasteiger partial charge on any atom is -0.379 e. The van der Waals surface area contributed by atoms with Gasteiger partial charge in [-0.3, -0.25) is 0 Å². The molecule has 1 aliphatic carbocycles. The Bertz CT molecular complexity index is 455. The van der Waals surface area contributed by atoms with Crippen LogP contribution in [-0.2, 0) is 11.3 Å². The van der Waals surface area contributed by atoms with Gasteiger partial charge in [0.25, 0.3) is 0 Å². The molecule has 1 aromatic carbocycles. The molecule has 2 N–H and O–H groups in total. The quantitative estimate of drug-likeness (QED) is 0.439. The molecular weight excluding hydrogens is 262 g/mol. The molecule has 4 nitrogen and oxygen atoms in total. The summed E-state index contributed by atoms with van der Waals surface area (Å²) in [4.78, 5) is 4.61. The fourth-order valence-corrected chi connectivity index (χ4v) is 2.10. The second-order valence-electron chi connectivity index (χ2n) is 5.63. The van der Waals surface area contributed by atoms with Gasteiger partial charge in [-0.25, -0.2) is 4.99 Å². The topological polar surface area (TPSA) is 45.7 Å². The molecule has 0 radical (unpaired) electrons. The number of hydrogen-bond acceptors (Lipinski definition) is 2. The zero-order valence-electron chi connectivity index (χ0n) is 13.2. The summed E-state index contributed by atoms with van der Waals surface area (Å²) in [7, 11) is 0. The van der Waals surface area contributed by atoms with E-state index in [0.29, 0.717) is 6.54 Å². The van der Waals surface area contributed by atoms with Gasteiger partial charge >= 0.3 is 0 Å². The number of nitrogens with one attached hydrogen (secondary N) is 2. The van der Waals surface area contributed by atoms with Crippen LogP contribution in [-0.4, -0.2) is 32.3 Å². The van der Waals surface area contributed by atoms with Gasteiger partial charge in [0.1, 0.15) is 0 Å². The third-order valence-electron chi connectivity index (χ3n) is 3.44. The minimum absolute atomic E-state index is 0.694. The first-order chi connectivity index (χ1) is 10.3. The smallest absolute Gasteiger partial charge is 0.191 e. The number of hydrogen-bond donors (Lipinski definition) is 2. The van der Waals surface area contributed by atoms with Crippen LogP contribution in [0.1, 0.15) is 30.9 Å². The average Bonchev–Trinajstić information content (AvgIpc) is 3.28. The highest BCUT2D eigenvalue weighted by molar-refractivity contribution is 5.79. The number of guanidine groups is 1. The molecule has 0 spiro atoms. The normalized spacial score (nSPS) is 15.0. The van der Waals surface area contributed by atoms with Crippen molar-refractivity contribution in [3.8, 4) is 0 Å². The lowest BCUT2D eigenvalue weighted by Gasteiger charge is -2.11. The van der Waals surface area contributed by atoms with Crippen LogP contribution in [0.25, 0.3) is 0 Å². The van der Waals surface area contributed by atoms with Crippen molar-refractivity contribution in [3.05, 3.63) is 35.4 Å². The van der Waals surface area contributed by atoms with E-state index < -0.39 is 0 Å². The molecule has 0 amide bonds. The summed E-state index contributed by atoms with van der Waals surface area (Å²) in [6.45, 7) is 8.19. The molecule has 116 valence electrons. The monoisotopic (exact) mass is 289 g/mol. The molecule has 0 unspecified atom stereocenters. The Kier molecular flexibility index (Phi) is 6.54. The van der Waals surface area contributed by atoms with Crippen LogP contribution in [0.5, 0.6) is 0 Å². The molecular formula is C17H27N3O. The van der Waals surface area contributed by atoms with Crippen molar-refractivity contribution in [3.63, 3.8) is 0 Å². The minimum atomic E-state index is 0.694. The molecule has 21 heavy (non-hydrogen) atoms. The lowest BCUT2D eigenvalue weighted by atomic mass is 10.1. The summed E-state index contributed by atoms with van der Waals surface area (Å²) in [6, 6.07) is 8.46. The number of nitrogens with zero attached hydrogens (tertiary/aromatic N) is 1. The van der Waals surface area contributed by atoms with Crippen LogP contribution >= 0.6 is 0 Å². The standard InChI is InChI=1S/C17H27N3O/c1-3-18-17(19-9-10-21-13-15-7-8-15)20-12-16-6-4-5-14(2)11-16/h4-6,11,15H,3,7-10,12-13H2,1-2H3,(H2,18,19,20). The van der Waals surface area contributed by atoms with Crippen molar-refractivity contribution in [2.75, 3.05) is 26.3 Å². The van der Waals surface area contributed by atoms with Crippen LogP contribution < -0.4 is 10.6 Å². The van der Waals surface area contributed by atoms with Gasteiger partial charge in [-0.15, -0.1) is 0 Å². The van der Waals surface area contributed by atoms with Gasteiger partial charge in [0.15, 0.2) is 5.96 Å². The van der Waals surface area contributed by atoms with E-state index in [4.69, 9.17) is 4.74 Å². The van der Waals surface area contributed by atoms with Gasteiger partial charge in [0.05, 0.1) is 13.2 Å². The fourth-order valence-electron chi connectivity index (χ4n) is 2.10. The van der Waals surface area contributed by atoms with Crippen LogP contribution in [0.15, 0.2) is 29.3 Å². The van der Waals surface area contributed by atoms with Crippen molar-refractivity contribution < 1.29 is 4.74 Å². The predicted octanol–water partition coefficient (Wildman–Crippen LogP) is 2.48. The molecule has 0 saturated heterocycles. The van der Waals surface area contributed by atoms with Crippen molar-refractivity contribution in [2.24, 2.45) is 10.9 Å². The van der Waals surface area contributed by atoms with Gasteiger partial charge < -0.3 is 15.4 Å². The molecule has 0 aliphatic heterocycles. The lowest BCUT2D eigenvalue weighted by Crippen LogP contribution is -2.39. The average molecular weight is 289 g/mol. The molecule has 2 rings (SSSR count). The number of aliphatic imine (C=N–C) groups is 1. The second-order valence-corrected chi connectivity index (χ2v) is 5.63. The van der Waals surface area contributed by atoms with E-state index >= 15 is 0 Å². The number of rotatable bonds is 8. The maximum Gasteiger partial charge on any atom is 0.191 e. The van der Waals surface area contributed by atoms with Crippen LogP contribution in [0.4, 0.5) is 0 Å². The molecule has 1 aliphatic rings.